The number of aryl methyl sites for hydroxylation is 3. The molecule has 2 heterocycles. The maximum atomic E-state index is 12.9. The van der Waals surface area contributed by atoms with Gasteiger partial charge in [-0.25, -0.2) is 8.42 Å². The molecule has 29 heavy (non-hydrogen) atoms. The van der Waals surface area contributed by atoms with Gasteiger partial charge in [-0.3, -0.25) is 9.48 Å². The second kappa shape index (κ2) is 9.54. The van der Waals surface area contributed by atoms with Gasteiger partial charge in [0.25, 0.3) is 0 Å². The zero-order valence-electron chi connectivity index (χ0n) is 17.2. The predicted molar refractivity (Wildman–Crippen MR) is 112 cm³/mol. The van der Waals surface area contributed by atoms with E-state index < -0.39 is 10.0 Å². The highest BCUT2D eigenvalue weighted by Crippen LogP contribution is 2.26. The Labute approximate surface area is 173 Å². The molecule has 0 saturated carbocycles. The molecule has 3 rings (SSSR count). The van der Waals surface area contributed by atoms with Crippen LogP contribution in [0.15, 0.2) is 35.2 Å². The maximum Gasteiger partial charge on any atom is 0.246 e. The molecule has 0 bridgehead atoms. The Balaban J connectivity index is 1.51. The molecule has 1 aliphatic rings. The van der Waals surface area contributed by atoms with Crippen LogP contribution in [-0.2, 0) is 27.8 Å². The molecule has 0 atom stereocenters. The molecule has 1 aromatic carbocycles. The van der Waals surface area contributed by atoms with Gasteiger partial charge in [-0.15, -0.1) is 0 Å². The van der Waals surface area contributed by atoms with Gasteiger partial charge in [0, 0.05) is 26.1 Å². The van der Waals surface area contributed by atoms with Crippen molar-refractivity contribution in [3.63, 3.8) is 0 Å². The molecular weight excluding hydrogens is 388 g/mol. The van der Waals surface area contributed by atoms with Crippen molar-refractivity contribution in [2.45, 2.75) is 57.4 Å². The van der Waals surface area contributed by atoms with Crippen LogP contribution in [0.5, 0.6) is 0 Å². The third-order valence-electron chi connectivity index (χ3n) is 5.34. The summed E-state index contributed by atoms with van der Waals surface area (Å²) in [5.41, 5.74) is 2.36. The Hall–Kier alpha value is -2.19. The summed E-state index contributed by atoms with van der Waals surface area (Å²) in [6, 6.07) is 10.2. The molecule has 8 heteroatoms. The Morgan fingerprint density at radius 3 is 2.52 bits per heavy atom. The number of benzene rings is 1. The van der Waals surface area contributed by atoms with E-state index in [9.17, 15) is 13.2 Å². The third kappa shape index (κ3) is 5.25. The normalized spacial score (nSPS) is 15.0. The molecule has 1 saturated heterocycles. The third-order valence-corrected chi connectivity index (χ3v) is 7.49. The first-order valence-electron chi connectivity index (χ1n) is 10.2. The second-order valence-electron chi connectivity index (χ2n) is 7.52. The van der Waals surface area contributed by atoms with Crippen molar-refractivity contribution >= 4 is 15.9 Å². The van der Waals surface area contributed by atoms with E-state index in [4.69, 9.17) is 0 Å². The van der Waals surface area contributed by atoms with Crippen molar-refractivity contribution in [3.8, 4) is 0 Å². The van der Waals surface area contributed by atoms with E-state index >= 15 is 0 Å². The molecule has 1 aliphatic heterocycles. The molecule has 2 aromatic rings. The molecular formula is C21H30N4O3S. The molecule has 1 amide bonds. The molecule has 0 aliphatic carbocycles. The number of nitrogens with one attached hydrogen (secondary N) is 1. The summed E-state index contributed by atoms with van der Waals surface area (Å²) in [5.74, 6) is -0.0467. The van der Waals surface area contributed by atoms with Gasteiger partial charge in [0.2, 0.25) is 15.9 Å². The van der Waals surface area contributed by atoms with Gasteiger partial charge in [-0.1, -0.05) is 30.3 Å². The highest BCUT2D eigenvalue weighted by atomic mass is 32.2. The van der Waals surface area contributed by atoms with Crippen LogP contribution in [0.2, 0.25) is 0 Å². The van der Waals surface area contributed by atoms with Crippen LogP contribution >= 0.6 is 0 Å². The van der Waals surface area contributed by atoms with Crippen LogP contribution in [0.25, 0.3) is 0 Å². The van der Waals surface area contributed by atoms with Gasteiger partial charge in [0.05, 0.1) is 17.9 Å². The fourth-order valence-electron chi connectivity index (χ4n) is 3.79. The fraction of sp³-hybridized carbons (Fsp3) is 0.524. The van der Waals surface area contributed by atoms with E-state index in [-0.39, 0.29) is 12.3 Å². The first-order valence-corrected chi connectivity index (χ1v) is 11.7. The SMILES string of the molecule is Cc1nn(CCC(=O)NCCCc2ccccc2)c(C)c1S(=O)(=O)N1CCCC1. The van der Waals surface area contributed by atoms with Gasteiger partial charge in [-0.2, -0.15) is 9.40 Å². The van der Waals surface area contributed by atoms with Crippen molar-refractivity contribution in [2.24, 2.45) is 0 Å². The van der Waals surface area contributed by atoms with Gasteiger partial charge in [0.1, 0.15) is 4.90 Å². The lowest BCUT2D eigenvalue weighted by molar-refractivity contribution is -0.121. The summed E-state index contributed by atoms with van der Waals surface area (Å²) in [6.45, 7) is 5.61. The summed E-state index contributed by atoms with van der Waals surface area (Å²) < 4.78 is 29.0. The monoisotopic (exact) mass is 418 g/mol. The molecule has 0 radical (unpaired) electrons. The topological polar surface area (TPSA) is 84.3 Å². The summed E-state index contributed by atoms with van der Waals surface area (Å²) >= 11 is 0. The van der Waals surface area contributed by atoms with E-state index in [0.717, 1.165) is 25.7 Å². The number of sulfonamides is 1. The number of carbonyl (C=O) groups is 1. The van der Waals surface area contributed by atoms with Gasteiger partial charge < -0.3 is 5.32 Å². The quantitative estimate of drug-likeness (QED) is 0.634. The minimum atomic E-state index is -3.51. The molecule has 0 unspecified atom stereocenters. The first kappa shape index (κ1) is 21.5. The van der Waals surface area contributed by atoms with Gasteiger partial charge >= 0.3 is 0 Å². The first-order chi connectivity index (χ1) is 13.9. The maximum absolute atomic E-state index is 12.9. The predicted octanol–water partition coefficient (Wildman–Crippen LogP) is 2.42. The molecule has 1 fully saturated rings. The molecule has 0 spiro atoms. The summed E-state index contributed by atoms with van der Waals surface area (Å²) in [4.78, 5) is 12.5. The number of amides is 1. The van der Waals surface area contributed by atoms with E-state index in [2.05, 4.69) is 22.5 Å². The average molecular weight is 419 g/mol. The van der Waals surface area contributed by atoms with Crippen molar-refractivity contribution in [2.75, 3.05) is 19.6 Å². The van der Waals surface area contributed by atoms with Gasteiger partial charge in [-0.05, 0) is 45.1 Å². The van der Waals surface area contributed by atoms with Crippen molar-refractivity contribution in [1.29, 1.82) is 0 Å². The van der Waals surface area contributed by atoms with Crippen molar-refractivity contribution < 1.29 is 13.2 Å². The molecule has 1 aromatic heterocycles. The summed E-state index contributed by atoms with van der Waals surface area (Å²) in [6.07, 6.45) is 3.88. The lowest BCUT2D eigenvalue weighted by Crippen LogP contribution is -2.29. The smallest absolute Gasteiger partial charge is 0.246 e. The van der Waals surface area contributed by atoms with E-state index in [1.807, 2.05) is 18.2 Å². The van der Waals surface area contributed by atoms with E-state index in [0.29, 0.717) is 42.5 Å². The highest BCUT2D eigenvalue weighted by molar-refractivity contribution is 7.89. The lowest BCUT2D eigenvalue weighted by atomic mass is 10.1. The zero-order chi connectivity index (χ0) is 20.9. The number of hydrogen-bond donors (Lipinski definition) is 1. The second-order valence-corrected chi connectivity index (χ2v) is 9.40. The van der Waals surface area contributed by atoms with Crippen LogP contribution in [0.3, 0.4) is 0 Å². The molecule has 1 N–H and O–H groups in total. The summed E-state index contributed by atoms with van der Waals surface area (Å²) in [5, 5.41) is 7.32. The molecule has 7 nitrogen and oxygen atoms in total. The van der Waals surface area contributed by atoms with Crippen LogP contribution in [0.4, 0.5) is 0 Å². The Kier molecular flexibility index (Phi) is 7.08. The van der Waals surface area contributed by atoms with Gasteiger partial charge in [0.15, 0.2) is 0 Å². The van der Waals surface area contributed by atoms with Crippen LogP contribution in [0.1, 0.15) is 42.6 Å². The highest BCUT2D eigenvalue weighted by Gasteiger charge is 2.32. The minimum Gasteiger partial charge on any atom is -0.356 e. The minimum absolute atomic E-state index is 0.0467. The Morgan fingerprint density at radius 1 is 1.14 bits per heavy atom. The van der Waals surface area contributed by atoms with Crippen molar-refractivity contribution in [3.05, 3.63) is 47.3 Å². The largest absolute Gasteiger partial charge is 0.356 e. The standard InChI is InChI=1S/C21H30N4O3S/c1-17-21(29(27,28)24-14-6-7-15-24)18(2)25(23-17)16-12-20(26)22-13-8-11-19-9-4-3-5-10-19/h3-5,9-10H,6-8,11-16H2,1-2H3,(H,22,26). The lowest BCUT2D eigenvalue weighted by Gasteiger charge is -2.15. The van der Waals surface area contributed by atoms with E-state index in [1.54, 1.807) is 18.5 Å². The number of aromatic nitrogens is 2. The number of nitrogens with zero attached hydrogens (tertiary/aromatic N) is 3. The number of rotatable bonds is 9. The van der Waals surface area contributed by atoms with E-state index in [1.165, 1.54) is 9.87 Å². The zero-order valence-corrected chi connectivity index (χ0v) is 18.0. The summed E-state index contributed by atoms with van der Waals surface area (Å²) in [7, 11) is -3.51. The molecule has 158 valence electrons. The van der Waals surface area contributed by atoms with Crippen LogP contribution in [-0.4, -0.2) is 48.0 Å². The fourth-order valence-corrected chi connectivity index (χ4v) is 5.68. The van der Waals surface area contributed by atoms with Crippen LogP contribution < -0.4 is 5.32 Å². The average Bonchev–Trinajstić information content (AvgIpc) is 3.33. The Morgan fingerprint density at radius 2 is 1.83 bits per heavy atom. The number of carbonyl (C=O) groups excluding carboxylic acids is 1. The van der Waals surface area contributed by atoms with Crippen molar-refractivity contribution in [1.82, 2.24) is 19.4 Å². The Bertz CT molecular complexity index is 932. The number of hydrogen-bond acceptors (Lipinski definition) is 4. The van der Waals surface area contributed by atoms with Crippen LogP contribution in [0, 0.1) is 13.8 Å².